The molecular weight excluding hydrogens is 264 g/mol. The molecule has 4 heteroatoms. The van der Waals surface area contributed by atoms with Crippen molar-refractivity contribution >= 4 is 11.4 Å². The molecule has 21 heavy (non-hydrogen) atoms. The molecule has 3 rings (SSSR count). The molecule has 2 fully saturated rings. The van der Waals surface area contributed by atoms with Gasteiger partial charge < -0.3 is 5.32 Å². The van der Waals surface area contributed by atoms with Gasteiger partial charge in [0.1, 0.15) is 5.69 Å². The monoisotopic (exact) mass is 288 g/mol. The van der Waals surface area contributed by atoms with Crippen molar-refractivity contribution in [3.05, 3.63) is 33.4 Å². The fourth-order valence-electron chi connectivity index (χ4n) is 3.64. The minimum absolute atomic E-state index is 0.214. The molecule has 0 radical (unpaired) electrons. The second-order valence-corrected chi connectivity index (χ2v) is 6.82. The van der Waals surface area contributed by atoms with Crippen LogP contribution in [0.4, 0.5) is 11.4 Å². The van der Waals surface area contributed by atoms with E-state index in [9.17, 15) is 10.1 Å². The lowest BCUT2D eigenvalue weighted by Crippen LogP contribution is -2.28. The Balaban J connectivity index is 1.77. The number of nitrogens with zero attached hydrogens (tertiary/aromatic N) is 1. The largest absolute Gasteiger partial charge is 0.377 e. The average Bonchev–Trinajstić information content (AvgIpc) is 3.27. The van der Waals surface area contributed by atoms with Gasteiger partial charge in [-0.05, 0) is 68.6 Å². The Morgan fingerprint density at radius 3 is 2.48 bits per heavy atom. The average molecular weight is 288 g/mol. The van der Waals surface area contributed by atoms with Crippen LogP contribution in [0.3, 0.4) is 0 Å². The third-order valence-corrected chi connectivity index (χ3v) is 5.17. The normalized spacial score (nSPS) is 25.6. The molecule has 2 aliphatic carbocycles. The lowest BCUT2D eigenvalue weighted by Gasteiger charge is -2.30. The third-order valence-electron chi connectivity index (χ3n) is 5.17. The first-order valence-electron chi connectivity index (χ1n) is 8.06. The van der Waals surface area contributed by atoms with Crippen molar-refractivity contribution in [1.82, 2.24) is 0 Å². The highest BCUT2D eigenvalue weighted by Gasteiger charge is 2.35. The Morgan fingerprint density at radius 2 is 1.81 bits per heavy atom. The summed E-state index contributed by atoms with van der Waals surface area (Å²) in [6.07, 6.45) is 7.68. The van der Waals surface area contributed by atoms with Crippen LogP contribution in [0.1, 0.15) is 49.7 Å². The molecule has 0 saturated heterocycles. The van der Waals surface area contributed by atoms with E-state index in [0.29, 0.717) is 11.7 Å². The van der Waals surface area contributed by atoms with Gasteiger partial charge >= 0.3 is 0 Å². The topological polar surface area (TPSA) is 55.2 Å². The number of aryl methyl sites for hydroxylation is 2. The van der Waals surface area contributed by atoms with Crippen molar-refractivity contribution in [2.24, 2.45) is 11.8 Å². The van der Waals surface area contributed by atoms with Gasteiger partial charge in [-0.3, -0.25) is 10.1 Å². The zero-order chi connectivity index (χ0) is 15.0. The van der Waals surface area contributed by atoms with Gasteiger partial charge in [0.15, 0.2) is 0 Å². The first kappa shape index (κ1) is 14.4. The van der Waals surface area contributed by atoms with Crippen LogP contribution in [-0.2, 0) is 0 Å². The minimum Gasteiger partial charge on any atom is -0.377 e. The predicted molar refractivity (Wildman–Crippen MR) is 84.7 cm³/mol. The molecule has 0 bridgehead atoms. The van der Waals surface area contributed by atoms with Crippen LogP contribution in [0.2, 0.25) is 0 Å². The number of anilines is 1. The van der Waals surface area contributed by atoms with Crippen LogP contribution in [0, 0.1) is 35.8 Å². The highest BCUT2D eigenvalue weighted by molar-refractivity contribution is 5.65. The molecule has 0 amide bonds. The van der Waals surface area contributed by atoms with Gasteiger partial charge in [-0.25, -0.2) is 0 Å². The molecule has 114 valence electrons. The SMILES string of the molecule is Cc1cc(NC2CCCC(C3CC3)C2)c([N+](=O)[O-])cc1C. The van der Waals surface area contributed by atoms with E-state index in [1.165, 1.54) is 32.1 Å². The summed E-state index contributed by atoms with van der Waals surface area (Å²) in [4.78, 5) is 11.0. The first-order chi connectivity index (χ1) is 10.0. The van der Waals surface area contributed by atoms with Gasteiger partial charge in [0, 0.05) is 12.1 Å². The van der Waals surface area contributed by atoms with Crippen molar-refractivity contribution in [2.75, 3.05) is 5.32 Å². The van der Waals surface area contributed by atoms with Crippen LogP contribution < -0.4 is 5.32 Å². The van der Waals surface area contributed by atoms with E-state index in [1.807, 2.05) is 19.9 Å². The highest BCUT2D eigenvalue weighted by Crippen LogP contribution is 2.44. The van der Waals surface area contributed by atoms with Crippen LogP contribution in [0.15, 0.2) is 12.1 Å². The Hall–Kier alpha value is -1.58. The van der Waals surface area contributed by atoms with Gasteiger partial charge in [-0.15, -0.1) is 0 Å². The smallest absolute Gasteiger partial charge is 0.292 e. The summed E-state index contributed by atoms with van der Waals surface area (Å²) in [7, 11) is 0. The van der Waals surface area contributed by atoms with E-state index in [1.54, 1.807) is 6.07 Å². The second-order valence-electron chi connectivity index (χ2n) is 6.82. The Bertz CT molecular complexity index is 552. The molecule has 2 aliphatic rings. The summed E-state index contributed by atoms with van der Waals surface area (Å²) in [5.74, 6) is 1.77. The maximum absolute atomic E-state index is 11.3. The number of hydrogen-bond acceptors (Lipinski definition) is 3. The number of rotatable bonds is 4. The number of nitro benzene ring substituents is 1. The van der Waals surface area contributed by atoms with Gasteiger partial charge in [0.05, 0.1) is 4.92 Å². The van der Waals surface area contributed by atoms with Gasteiger partial charge in [0.2, 0.25) is 0 Å². The molecule has 1 aromatic carbocycles. The molecule has 0 aromatic heterocycles. The van der Waals surface area contributed by atoms with Gasteiger partial charge in [-0.2, -0.15) is 0 Å². The molecule has 0 heterocycles. The van der Waals surface area contributed by atoms with E-state index in [0.717, 1.165) is 29.4 Å². The van der Waals surface area contributed by atoms with Crippen molar-refractivity contribution in [3.63, 3.8) is 0 Å². The van der Waals surface area contributed by atoms with E-state index < -0.39 is 0 Å². The summed E-state index contributed by atoms with van der Waals surface area (Å²) in [5, 5.41) is 14.7. The van der Waals surface area contributed by atoms with Crippen molar-refractivity contribution in [3.8, 4) is 0 Å². The highest BCUT2D eigenvalue weighted by atomic mass is 16.6. The fourth-order valence-corrected chi connectivity index (χ4v) is 3.64. The predicted octanol–water partition coefficient (Wildman–Crippen LogP) is 4.59. The van der Waals surface area contributed by atoms with Crippen LogP contribution in [0.5, 0.6) is 0 Å². The number of nitro groups is 1. The lowest BCUT2D eigenvalue weighted by molar-refractivity contribution is -0.384. The minimum atomic E-state index is -0.268. The molecular formula is C17H24N2O2. The zero-order valence-corrected chi connectivity index (χ0v) is 12.9. The van der Waals surface area contributed by atoms with Gasteiger partial charge in [-0.1, -0.05) is 12.8 Å². The summed E-state index contributed by atoms with van der Waals surface area (Å²) in [6.45, 7) is 3.94. The summed E-state index contributed by atoms with van der Waals surface area (Å²) < 4.78 is 0. The zero-order valence-electron chi connectivity index (χ0n) is 12.9. The number of nitrogens with one attached hydrogen (secondary N) is 1. The van der Waals surface area contributed by atoms with Crippen molar-refractivity contribution in [2.45, 2.75) is 58.4 Å². The van der Waals surface area contributed by atoms with Crippen LogP contribution in [-0.4, -0.2) is 11.0 Å². The van der Waals surface area contributed by atoms with Gasteiger partial charge in [0.25, 0.3) is 5.69 Å². The molecule has 0 spiro atoms. The Kier molecular flexibility index (Phi) is 3.87. The first-order valence-corrected chi connectivity index (χ1v) is 8.06. The van der Waals surface area contributed by atoms with Crippen LogP contribution in [0.25, 0.3) is 0 Å². The maximum Gasteiger partial charge on any atom is 0.292 e. The standard InChI is InChI=1S/C17H24N2O2/c1-11-8-16(17(19(20)21)9-12(11)2)18-15-5-3-4-14(10-15)13-6-7-13/h8-9,13-15,18H,3-7,10H2,1-2H3. The summed E-state index contributed by atoms with van der Waals surface area (Å²) >= 11 is 0. The maximum atomic E-state index is 11.3. The molecule has 0 aliphatic heterocycles. The van der Waals surface area contributed by atoms with Crippen molar-refractivity contribution in [1.29, 1.82) is 0 Å². The number of hydrogen-bond donors (Lipinski definition) is 1. The fraction of sp³-hybridized carbons (Fsp3) is 0.647. The molecule has 2 saturated carbocycles. The molecule has 1 aromatic rings. The Labute approximate surface area is 126 Å². The molecule has 2 unspecified atom stereocenters. The molecule has 1 N–H and O–H groups in total. The quantitative estimate of drug-likeness (QED) is 0.651. The van der Waals surface area contributed by atoms with E-state index in [4.69, 9.17) is 0 Å². The van der Waals surface area contributed by atoms with E-state index in [2.05, 4.69) is 5.32 Å². The van der Waals surface area contributed by atoms with Crippen molar-refractivity contribution < 1.29 is 4.92 Å². The van der Waals surface area contributed by atoms with Crippen LogP contribution >= 0.6 is 0 Å². The lowest BCUT2D eigenvalue weighted by atomic mass is 9.82. The van der Waals surface area contributed by atoms with E-state index in [-0.39, 0.29) is 10.6 Å². The Morgan fingerprint density at radius 1 is 1.10 bits per heavy atom. The van der Waals surface area contributed by atoms with E-state index >= 15 is 0 Å². The third kappa shape index (κ3) is 3.20. The molecule has 4 nitrogen and oxygen atoms in total. The second kappa shape index (κ2) is 5.66. The summed E-state index contributed by atoms with van der Waals surface area (Å²) in [6, 6.07) is 4.03. The summed E-state index contributed by atoms with van der Waals surface area (Å²) in [5.41, 5.74) is 3.00. The molecule has 2 atom stereocenters. The number of benzene rings is 1.